The van der Waals surface area contributed by atoms with E-state index in [9.17, 15) is 44.6 Å². The summed E-state index contributed by atoms with van der Waals surface area (Å²) in [5, 5.41) is 39.0. The van der Waals surface area contributed by atoms with Crippen molar-refractivity contribution in [2.24, 2.45) is 0 Å². The summed E-state index contributed by atoms with van der Waals surface area (Å²) >= 11 is 0. The second-order valence-corrected chi connectivity index (χ2v) is 6.36. The third-order valence-corrected chi connectivity index (χ3v) is 4.12. The molecule has 0 aliphatic carbocycles. The van der Waals surface area contributed by atoms with Crippen LogP contribution in [-0.2, 0) is 9.47 Å². The van der Waals surface area contributed by atoms with Gasteiger partial charge < -0.3 is 24.8 Å². The van der Waals surface area contributed by atoms with Crippen LogP contribution in [0.25, 0.3) is 0 Å². The van der Waals surface area contributed by atoms with Crippen LogP contribution in [-0.4, -0.2) is 50.4 Å². The number of aromatic hydroxyl groups is 1. The van der Waals surface area contributed by atoms with E-state index < -0.39 is 68.8 Å². The van der Waals surface area contributed by atoms with Crippen molar-refractivity contribution in [3.8, 4) is 5.75 Å². The minimum Gasteiger partial charge on any atom is -0.508 e. The number of carboxylic acids is 2. The number of hydrogen-bond acceptors (Lipinski definition) is 9. The topological polar surface area (TPSA) is 191 Å². The molecule has 0 saturated heterocycles. The lowest BCUT2D eigenvalue weighted by Gasteiger charge is -2.19. The van der Waals surface area contributed by atoms with E-state index in [1.807, 2.05) is 0 Å². The van der Waals surface area contributed by atoms with Gasteiger partial charge in [0, 0.05) is 18.6 Å². The van der Waals surface area contributed by atoms with Gasteiger partial charge in [0.15, 0.2) is 0 Å². The van der Waals surface area contributed by atoms with Crippen molar-refractivity contribution in [1.82, 2.24) is 0 Å². The molecule has 2 aromatic rings. The highest BCUT2D eigenvalue weighted by Gasteiger charge is 2.27. The molecule has 0 fully saturated rings. The molecule has 2 rings (SSSR count). The lowest BCUT2D eigenvalue weighted by atomic mass is 10.1. The monoisotopic (exact) mass is 447 g/mol. The van der Waals surface area contributed by atoms with E-state index in [-0.39, 0.29) is 6.42 Å². The van der Waals surface area contributed by atoms with Crippen LogP contribution in [0.5, 0.6) is 5.75 Å². The number of carboxylic acid groups (broad SMARTS) is 2. The number of esters is 2. The number of phenols is 1. The number of ether oxygens (including phenoxy) is 2. The third-order valence-electron chi connectivity index (χ3n) is 4.12. The molecule has 2 aromatic carbocycles. The highest BCUT2D eigenvalue weighted by molar-refractivity contribution is 6.04. The molecule has 12 nitrogen and oxygen atoms in total. The first-order valence-corrected chi connectivity index (χ1v) is 9.05. The lowest BCUT2D eigenvalue weighted by molar-refractivity contribution is -0.384. The SMILES string of the molecule is CCCC(OC(=O)c1cc(O)ccc1C(=O)O)OC(=O)c1cc([N+](=O)[O-])ccc1C(=O)O. The molecule has 0 aliphatic rings. The molecule has 12 heteroatoms. The van der Waals surface area contributed by atoms with Crippen molar-refractivity contribution < 1.29 is 48.9 Å². The molecule has 0 bridgehead atoms. The fraction of sp³-hybridized carbons (Fsp3) is 0.200. The Hall–Kier alpha value is -4.48. The van der Waals surface area contributed by atoms with E-state index >= 15 is 0 Å². The van der Waals surface area contributed by atoms with Crippen LogP contribution in [0.15, 0.2) is 36.4 Å². The van der Waals surface area contributed by atoms with Gasteiger partial charge in [0.1, 0.15) is 5.75 Å². The summed E-state index contributed by atoms with van der Waals surface area (Å²) in [4.78, 5) is 57.8. The van der Waals surface area contributed by atoms with Gasteiger partial charge >= 0.3 is 23.9 Å². The average Bonchev–Trinajstić information content (AvgIpc) is 2.72. The number of phenolic OH excluding ortho intramolecular Hbond substituents is 1. The minimum atomic E-state index is -1.56. The third kappa shape index (κ3) is 5.56. The van der Waals surface area contributed by atoms with Crippen LogP contribution in [0.4, 0.5) is 5.69 Å². The molecule has 0 aromatic heterocycles. The Morgan fingerprint density at radius 3 is 1.88 bits per heavy atom. The number of non-ortho nitro benzene ring substituents is 1. The number of nitro groups is 1. The molecule has 0 spiro atoms. The standard InChI is InChI=1S/C20H17NO11/c1-2-3-16(32-20(28)15-9-11(22)5-7-13(15)18(25)26)31-19(27)14-8-10(21(29)30)4-6-12(14)17(23)24/h4-9,16,22H,2-3H2,1H3,(H,23,24)(H,25,26). The molecule has 3 N–H and O–H groups in total. The van der Waals surface area contributed by atoms with Gasteiger partial charge in [-0.15, -0.1) is 0 Å². The van der Waals surface area contributed by atoms with Crippen LogP contribution in [0, 0.1) is 10.1 Å². The van der Waals surface area contributed by atoms with Crippen LogP contribution in [0.2, 0.25) is 0 Å². The summed E-state index contributed by atoms with van der Waals surface area (Å²) < 4.78 is 10.1. The minimum absolute atomic E-state index is 0.0456. The summed E-state index contributed by atoms with van der Waals surface area (Å²) in [7, 11) is 0. The first-order valence-electron chi connectivity index (χ1n) is 9.05. The predicted molar refractivity (Wildman–Crippen MR) is 105 cm³/mol. The second-order valence-electron chi connectivity index (χ2n) is 6.36. The summed E-state index contributed by atoms with van der Waals surface area (Å²) in [5.74, 6) is -5.94. The van der Waals surface area contributed by atoms with Gasteiger partial charge in [0.05, 0.1) is 27.2 Å². The van der Waals surface area contributed by atoms with Gasteiger partial charge in [-0.05, 0) is 30.7 Å². The second kappa shape index (κ2) is 10.0. The lowest BCUT2D eigenvalue weighted by Crippen LogP contribution is -2.26. The van der Waals surface area contributed by atoms with Crippen molar-refractivity contribution in [1.29, 1.82) is 0 Å². The Bertz CT molecular complexity index is 1090. The number of hydrogen-bond donors (Lipinski definition) is 3. The van der Waals surface area contributed by atoms with Crippen LogP contribution in [0.3, 0.4) is 0 Å². The summed E-state index contributed by atoms with van der Waals surface area (Å²) in [6.07, 6.45) is -1.28. The zero-order chi connectivity index (χ0) is 24.0. The normalized spacial score (nSPS) is 11.3. The molecule has 168 valence electrons. The Kier molecular flexibility index (Phi) is 7.45. The largest absolute Gasteiger partial charge is 0.508 e. The van der Waals surface area contributed by atoms with E-state index in [0.29, 0.717) is 12.5 Å². The van der Waals surface area contributed by atoms with Gasteiger partial charge in [0.2, 0.25) is 6.29 Å². The van der Waals surface area contributed by atoms with Crippen molar-refractivity contribution in [3.63, 3.8) is 0 Å². The van der Waals surface area contributed by atoms with E-state index in [1.54, 1.807) is 6.92 Å². The number of nitrogens with zero attached hydrogens (tertiary/aromatic N) is 1. The molecular weight excluding hydrogens is 430 g/mol. The molecule has 0 radical (unpaired) electrons. The van der Waals surface area contributed by atoms with Gasteiger partial charge in [-0.3, -0.25) is 10.1 Å². The number of benzene rings is 2. The van der Waals surface area contributed by atoms with Crippen LogP contribution < -0.4 is 0 Å². The fourth-order valence-electron chi connectivity index (χ4n) is 2.63. The first-order chi connectivity index (χ1) is 15.0. The Balaban J connectivity index is 2.33. The Labute approximate surface area is 179 Å². The Morgan fingerprint density at radius 2 is 1.41 bits per heavy atom. The molecule has 0 amide bonds. The quantitative estimate of drug-likeness (QED) is 0.222. The van der Waals surface area contributed by atoms with Crippen molar-refractivity contribution in [2.75, 3.05) is 0 Å². The fourth-order valence-corrected chi connectivity index (χ4v) is 2.63. The van der Waals surface area contributed by atoms with Crippen molar-refractivity contribution >= 4 is 29.6 Å². The van der Waals surface area contributed by atoms with Gasteiger partial charge in [0.25, 0.3) is 5.69 Å². The molecular formula is C20H17NO11. The van der Waals surface area contributed by atoms with Crippen LogP contribution in [0.1, 0.15) is 61.2 Å². The smallest absolute Gasteiger partial charge is 0.342 e. The van der Waals surface area contributed by atoms with Gasteiger partial charge in [-0.25, -0.2) is 19.2 Å². The summed E-state index contributed by atoms with van der Waals surface area (Å²) in [6, 6.07) is 5.38. The molecule has 32 heavy (non-hydrogen) atoms. The predicted octanol–water partition coefficient (Wildman–Crippen LogP) is 2.84. The number of carbonyl (C=O) groups is 4. The maximum absolute atomic E-state index is 12.5. The average molecular weight is 447 g/mol. The maximum Gasteiger partial charge on any atom is 0.342 e. The van der Waals surface area contributed by atoms with E-state index in [0.717, 1.165) is 30.3 Å². The molecule has 0 heterocycles. The number of rotatable bonds is 9. The maximum atomic E-state index is 12.5. The zero-order valence-corrected chi connectivity index (χ0v) is 16.5. The highest BCUT2D eigenvalue weighted by atomic mass is 16.7. The van der Waals surface area contributed by atoms with E-state index in [4.69, 9.17) is 9.47 Å². The number of carbonyl (C=O) groups excluding carboxylic acids is 2. The summed E-state index contributed by atoms with van der Waals surface area (Å²) in [6.45, 7) is 1.65. The van der Waals surface area contributed by atoms with Gasteiger partial charge in [-0.2, -0.15) is 0 Å². The zero-order valence-electron chi connectivity index (χ0n) is 16.5. The van der Waals surface area contributed by atoms with Gasteiger partial charge in [-0.1, -0.05) is 6.92 Å². The summed E-state index contributed by atoms with van der Waals surface area (Å²) in [5.41, 5.74) is -2.73. The number of nitro benzene ring substituents is 1. The molecule has 1 unspecified atom stereocenters. The van der Waals surface area contributed by atoms with Crippen molar-refractivity contribution in [3.05, 3.63) is 68.8 Å². The Morgan fingerprint density at radius 1 is 0.906 bits per heavy atom. The van der Waals surface area contributed by atoms with E-state index in [2.05, 4.69) is 0 Å². The first kappa shape index (κ1) is 23.8. The van der Waals surface area contributed by atoms with Crippen molar-refractivity contribution in [2.45, 2.75) is 26.1 Å². The number of aromatic carboxylic acids is 2. The molecule has 1 atom stereocenters. The highest BCUT2D eigenvalue weighted by Crippen LogP contribution is 2.22. The molecule has 0 saturated carbocycles. The molecule has 0 aliphatic heterocycles. The van der Waals surface area contributed by atoms with Crippen LogP contribution >= 0.6 is 0 Å². The van der Waals surface area contributed by atoms with E-state index in [1.165, 1.54) is 0 Å².